The van der Waals surface area contributed by atoms with Crippen molar-refractivity contribution in [1.82, 2.24) is 10.1 Å². The van der Waals surface area contributed by atoms with E-state index in [9.17, 15) is 9.18 Å². The van der Waals surface area contributed by atoms with Crippen LogP contribution in [0.3, 0.4) is 0 Å². The van der Waals surface area contributed by atoms with Gasteiger partial charge in [0.25, 0.3) is 0 Å². The van der Waals surface area contributed by atoms with Crippen molar-refractivity contribution in [2.75, 3.05) is 6.54 Å². The molecule has 0 saturated carbocycles. The van der Waals surface area contributed by atoms with Crippen molar-refractivity contribution in [2.24, 2.45) is 0 Å². The Morgan fingerprint density at radius 3 is 2.71 bits per heavy atom. The van der Waals surface area contributed by atoms with Gasteiger partial charge in [-0.15, -0.1) is 0 Å². The van der Waals surface area contributed by atoms with Gasteiger partial charge in [0.05, 0.1) is 17.7 Å². The van der Waals surface area contributed by atoms with Gasteiger partial charge in [-0.2, -0.15) is 0 Å². The van der Waals surface area contributed by atoms with Crippen LogP contribution in [0.2, 0.25) is 0 Å². The minimum atomic E-state index is -0.231. The Morgan fingerprint density at radius 2 is 2.00 bits per heavy atom. The summed E-state index contributed by atoms with van der Waals surface area (Å²) in [5, 5.41) is 3.93. The van der Waals surface area contributed by atoms with Crippen LogP contribution in [0.1, 0.15) is 41.0 Å². The molecule has 1 amide bonds. The fourth-order valence-electron chi connectivity index (χ4n) is 4.16. The molecule has 2 heterocycles. The zero-order valence-corrected chi connectivity index (χ0v) is 17.9. The summed E-state index contributed by atoms with van der Waals surface area (Å²) in [4.78, 5) is 14.9. The number of likely N-dealkylation sites (tertiary alicyclic amines) is 1. The summed E-state index contributed by atoms with van der Waals surface area (Å²) in [6.45, 7) is 4.92. The van der Waals surface area contributed by atoms with Crippen molar-refractivity contribution < 1.29 is 18.4 Å². The second-order valence-electron chi connectivity index (χ2n) is 8.13. The Balaban J connectivity index is 1.33. The second-order valence-corrected chi connectivity index (χ2v) is 8.13. The Morgan fingerprint density at radius 1 is 1.19 bits per heavy atom. The van der Waals surface area contributed by atoms with Gasteiger partial charge in [-0.1, -0.05) is 29.4 Å². The van der Waals surface area contributed by atoms with Gasteiger partial charge in [-0.3, -0.25) is 4.79 Å². The zero-order chi connectivity index (χ0) is 21.8. The van der Waals surface area contributed by atoms with Gasteiger partial charge in [0.15, 0.2) is 0 Å². The minimum Gasteiger partial charge on any atom is -0.489 e. The van der Waals surface area contributed by atoms with Crippen LogP contribution in [0.15, 0.2) is 53.1 Å². The number of amides is 1. The molecule has 1 unspecified atom stereocenters. The second kappa shape index (κ2) is 9.33. The highest BCUT2D eigenvalue weighted by Crippen LogP contribution is 2.23. The summed E-state index contributed by atoms with van der Waals surface area (Å²) in [5.41, 5.74) is 3.67. The van der Waals surface area contributed by atoms with Gasteiger partial charge < -0.3 is 14.2 Å². The number of hydrogen-bond donors (Lipinski definition) is 0. The molecular weight excluding hydrogens is 395 g/mol. The molecule has 5 nitrogen and oxygen atoms in total. The van der Waals surface area contributed by atoms with Crippen molar-refractivity contribution in [2.45, 2.75) is 52.2 Å². The van der Waals surface area contributed by atoms with E-state index < -0.39 is 0 Å². The summed E-state index contributed by atoms with van der Waals surface area (Å²) in [6, 6.07) is 14.4. The fourth-order valence-corrected chi connectivity index (χ4v) is 4.16. The monoisotopic (exact) mass is 422 g/mol. The number of hydrogen-bond acceptors (Lipinski definition) is 4. The Bertz CT molecular complexity index is 1030. The van der Waals surface area contributed by atoms with Crippen LogP contribution in [0.25, 0.3) is 0 Å². The lowest BCUT2D eigenvalue weighted by atomic mass is 10.0. The first-order valence-electron chi connectivity index (χ1n) is 10.7. The van der Waals surface area contributed by atoms with Gasteiger partial charge in [0.2, 0.25) is 5.91 Å². The Kier molecular flexibility index (Phi) is 6.35. The number of aromatic nitrogens is 1. The van der Waals surface area contributed by atoms with Crippen LogP contribution >= 0.6 is 0 Å². The molecule has 0 spiro atoms. The summed E-state index contributed by atoms with van der Waals surface area (Å²) in [7, 11) is 0. The maximum Gasteiger partial charge on any atom is 0.227 e. The van der Waals surface area contributed by atoms with Gasteiger partial charge >= 0.3 is 0 Å². The Hall–Kier alpha value is -3.15. The number of ether oxygens (including phenoxy) is 1. The average Bonchev–Trinajstić information content (AvgIpc) is 3.34. The van der Waals surface area contributed by atoms with Gasteiger partial charge in [0, 0.05) is 12.6 Å². The Labute approximate surface area is 181 Å². The molecule has 1 aromatic heterocycles. The lowest BCUT2D eigenvalue weighted by molar-refractivity contribution is -0.131. The number of halogens is 1. The standard InChI is InChI=1S/C25H27FN2O3/c1-17-24(18(2)31-27-17)16-30-23-10-8-19(9-11-23)15-25(29)28-12-4-7-22(28)14-20-5-3-6-21(26)13-20/h3,5-6,8-11,13,22H,4,7,12,14-16H2,1-2H3. The molecule has 0 N–H and O–H groups in total. The number of carbonyl (C=O) groups excluding carboxylic acids is 1. The van der Waals surface area contributed by atoms with Crippen molar-refractivity contribution in [3.05, 3.63) is 82.5 Å². The van der Waals surface area contributed by atoms with E-state index in [2.05, 4.69) is 5.16 Å². The molecule has 0 radical (unpaired) electrons. The molecule has 1 aliphatic rings. The molecule has 1 aliphatic heterocycles. The fraction of sp³-hybridized carbons (Fsp3) is 0.360. The zero-order valence-electron chi connectivity index (χ0n) is 17.9. The van der Waals surface area contributed by atoms with Crippen LogP contribution in [-0.4, -0.2) is 28.6 Å². The van der Waals surface area contributed by atoms with E-state index in [1.807, 2.05) is 49.1 Å². The molecular formula is C25H27FN2O3. The summed E-state index contributed by atoms with van der Waals surface area (Å²) < 4.78 is 24.5. The van der Waals surface area contributed by atoms with Crippen molar-refractivity contribution in [3.8, 4) is 5.75 Å². The first kappa shape index (κ1) is 21.1. The number of rotatable bonds is 7. The highest BCUT2D eigenvalue weighted by molar-refractivity contribution is 5.79. The molecule has 162 valence electrons. The number of benzene rings is 2. The minimum absolute atomic E-state index is 0.114. The molecule has 6 heteroatoms. The third-order valence-electron chi connectivity index (χ3n) is 5.90. The third kappa shape index (κ3) is 5.13. The molecule has 3 aromatic rings. The maximum atomic E-state index is 13.5. The molecule has 1 atom stereocenters. The SMILES string of the molecule is Cc1noc(C)c1COc1ccc(CC(=O)N2CCCC2Cc2cccc(F)c2)cc1. The molecule has 4 rings (SSSR count). The largest absolute Gasteiger partial charge is 0.489 e. The molecule has 1 fully saturated rings. The van der Waals surface area contributed by atoms with Crippen LogP contribution in [0.4, 0.5) is 4.39 Å². The van der Waals surface area contributed by atoms with E-state index in [1.54, 1.807) is 12.1 Å². The van der Waals surface area contributed by atoms with Gasteiger partial charge in [-0.05, 0) is 68.5 Å². The first-order valence-corrected chi connectivity index (χ1v) is 10.7. The molecule has 1 saturated heterocycles. The highest BCUT2D eigenvalue weighted by atomic mass is 19.1. The quantitative estimate of drug-likeness (QED) is 0.550. The average molecular weight is 423 g/mol. The third-order valence-corrected chi connectivity index (χ3v) is 5.90. The molecule has 2 aromatic carbocycles. The maximum absolute atomic E-state index is 13.5. The highest BCUT2D eigenvalue weighted by Gasteiger charge is 2.28. The van der Waals surface area contributed by atoms with Crippen molar-refractivity contribution >= 4 is 5.91 Å². The van der Waals surface area contributed by atoms with E-state index in [0.29, 0.717) is 19.4 Å². The van der Waals surface area contributed by atoms with E-state index in [1.165, 1.54) is 6.07 Å². The van der Waals surface area contributed by atoms with Crippen molar-refractivity contribution in [3.63, 3.8) is 0 Å². The first-order chi connectivity index (χ1) is 15.0. The smallest absolute Gasteiger partial charge is 0.227 e. The normalized spacial score (nSPS) is 16.0. The van der Waals surface area contributed by atoms with E-state index >= 15 is 0 Å². The lowest BCUT2D eigenvalue weighted by Crippen LogP contribution is -2.37. The summed E-state index contributed by atoms with van der Waals surface area (Å²) in [5.74, 6) is 1.38. The van der Waals surface area contributed by atoms with Crippen LogP contribution < -0.4 is 4.74 Å². The van der Waals surface area contributed by atoms with Crippen LogP contribution in [0.5, 0.6) is 5.75 Å². The van der Waals surface area contributed by atoms with Crippen LogP contribution in [-0.2, 0) is 24.2 Å². The van der Waals surface area contributed by atoms with E-state index in [0.717, 1.165) is 53.3 Å². The number of carbonyl (C=O) groups is 1. The molecule has 0 aliphatic carbocycles. The molecule has 31 heavy (non-hydrogen) atoms. The predicted molar refractivity (Wildman–Crippen MR) is 115 cm³/mol. The van der Waals surface area contributed by atoms with Gasteiger partial charge in [0.1, 0.15) is 23.9 Å². The lowest BCUT2D eigenvalue weighted by Gasteiger charge is -2.25. The molecule has 0 bridgehead atoms. The summed E-state index contributed by atoms with van der Waals surface area (Å²) in [6.07, 6.45) is 2.98. The summed E-state index contributed by atoms with van der Waals surface area (Å²) >= 11 is 0. The van der Waals surface area contributed by atoms with E-state index in [4.69, 9.17) is 9.26 Å². The topological polar surface area (TPSA) is 55.6 Å². The predicted octanol–water partition coefficient (Wildman–Crippen LogP) is 4.79. The van der Waals surface area contributed by atoms with Crippen molar-refractivity contribution in [1.29, 1.82) is 0 Å². The van der Waals surface area contributed by atoms with Crippen LogP contribution in [0, 0.1) is 19.7 Å². The number of nitrogens with zero attached hydrogens (tertiary/aromatic N) is 2. The number of aryl methyl sites for hydroxylation is 2. The van der Waals surface area contributed by atoms with E-state index in [-0.39, 0.29) is 17.8 Å². The van der Waals surface area contributed by atoms with Gasteiger partial charge in [-0.25, -0.2) is 4.39 Å².